The Hall–Kier alpha value is -1.84. The molecule has 2 amide bonds. The molecule has 0 saturated heterocycles. The van der Waals surface area contributed by atoms with Gasteiger partial charge >= 0.3 is 0 Å². The fourth-order valence-electron chi connectivity index (χ4n) is 2.71. The Morgan fingerprint density at radius 3 is 2.70 bits per heavy atom. The van der Waals surface area contributed by atoms with Crippen LogP contribution in [0, 0.1) is 5.92 Å². The van der Waals surface area contributed by atoms with Crippen molar-refractivity contribution in [3.8, 4) is 0 Å². The highest BCUT2D eigenvalue weighted by molar-refractivity contribution is 6.02. The maximum Gasteiger partial charge on any atom is 0.232 e. The number of carbonyl (C=O) groups is 2. The van der Waals surface area contributed by atoms with Gasteiger partial charge in [0, 0.05) is 18.2 Å². The lowest BCUT2D eigenvalue weighted by molar-refractivity contribution is -0.125. The van der Waals surface area contributed by atoms with Crippen LogP contribution in [0.3, 0.4) is 0 Å². The van der Waals surface area contributed by atoms with E-state index >= 15 is 0 Å². The molecule has 2 N–H and O–H groups in total. The van der Waals surface area contributed by atoms with Crippen LogP contribution in [-0.2, 0) is 9.59 Å². The quantitative estimate of drug-likeness (QED) is 0.838. The molecule has 1 aliphatic rings. The van der Waals surface area contributed by atoms with Gasteiger partial charge in [-0.1, -0.05) is 32.0 Å². The molecule has 1 aliphatic heterocycles. The normalized spacial score (nSPS) is 16.9. The molecule has 0 saturated carbocycles. The molecule has 0 aromatic heterocycles. The van der Waals surface area contributed by atoms with E-state index in [-0.39, 0.29) is 23.7 Å². The van der Waals surface area contributed by atoms with Crippen molar-refractivity contribution in [1.82, 2.24) is 5.32 Å². The molecular formula is C16H22N2O2. The fraction of sp³-hybridized carbons (Fsp3) is 0.500. The van der Waals surface area contributed by atoms with Gasteiger partial charge in [0.25, 0.3) is 0 Å². The maximum absolute atomic E-state index is 11.9. The molecule has 0 bridgehead atoms. The molecule has 2 rings (SSSR count). The SMILES string of the molecule is CCC(CC)C(=O)NCCC1C(=O)Nc2ccccc21. The summed E-state index contributed by atoms with van der Waals surface area (Å²) in [7, 11) is 0. The highest BCUT2D eigenvalue weighted by atomic mass is 16.2. The lowest BCUT2D eigenvalue weighted by Crippen LogP contribution is -2.32. The van der Waals surface area contributed by atoms with Crippen molar-refractivity contribution in [3.05, 3.63) is 29.8 Å². The van der Waals surface area contributed by atoms with E-state index in [0.29, 0.717) is 13.0 Å². The molecule has 0 fully saturated rings. The summed E-state index contributed by atoms with van der Waals surface area (Å²) in [6.07, 6.45) is 2.36. The first kappa shape index (κ1) is 14.6. The zero-order valence-corrected chi connectivity index (χ0v) is 12.1. The van der Waals surface area contributed by atoms with Crippen LogP contribution in [0.5, 0.6) is 0 Å². The topological polar surface area (TPSA) is 58.2 Å². The lowest BCUT2D eigenvalue weighted by Gasteiger charge is -2.14. The minimum absolute atomic E-state index is 0.0305. The van der Waals surface area contributed by atoms with Gasteiger partial charge in [0.15, 0.2) is 0 Å². The summed E-state index contributed by atoms with van der Waals surface area (Å²) in [6.45, 7) is 4.59. The number of nitrogens with one attached hydrogen (secondary N) is 2. The van der Waals surface area contributed by atoms with Gasteiger partial charge in [-0.25, -0.2) is 0 Å². The number of fused-ring (bicyclic) bond motifs is 1. The zero-order valence-electron chi connectivity index (χ0n) is 12.1. The minimum atomic E-state index is -0.145. The average Bonchev–Trinajstić information content (AvgIpc) is 2.76. The van der Waals surface area contributed by atoms with E-state index in [0.717, 1.165) is 24.1 Å². The molecule has 4 heteroatoms. The number of rotatable bonds is 6. The van der Waals surface area contributed by atoms with Gasteiger partial charge in [0.05, 0.1) is 5.92 Å². The number of benzene rings is 1. The van der Waals surface area contributed by atoms with E-state index in [1.165, 1.54) is 0 Å². The third-order valence-electron chi connectivity index (χ3n) is 4.00. The predicted octanol–water partition coefficient (Wildman–Crippen LogP) is 2.66. The van der Waals surface area contributed by atoms with Crippen LogP contribution < -0.4 is 10.6 Å². The first-order valence-electron chi connectivity index (χ1n) is 7.34. The summed E-state index contributed by atoms with van der Waals surface area (Å²) < 4.78 is 0. The molecule has 4 nitrogen and oxygen atoms in total. The highest BCUT2D eigenvalue weighted by Gasteiger charge is 2.29. The molecule has 0 spiro atoms. The lowest BCUT2D eigenvalue weighted by atomic mass is 9.97. The number of carbonyl (C=O) groups excluding carboxylic acids is 2. The fourth-order valence-corrected chi connectivity index (χ4v) is 2.71. The smallest absolute Gasteiger partial charge is 0.232 e. The van der Waals surface area contributed by atoms with Gasteiger partial charge in [0.1, 0.15) is 0 Å². The number of para-hydroxylation sites is 1. The van der Waals surface area contributed by atoms with Gasteiger partial charge < -0.3 is 10.6 Å². The second kappa shape index (κ2) is 6.55. The predicted molar refractivity (Wildman–Crippen MR) is 79.5 cm³/mol. The first-order chi connectivity index (χ1) is 9.67. The summed E-state index contributed by atoms with van der Waals surface area (Å²) in [5.41, 5.74) is 1.93. The van der Waals surface area contributed by atoms with Gasteiger partial charge in [-0.2, -0.15) is 0 Å². The number of amides is 2. The van der Waals surface area contributed by atoms with E-state index in [1.54, 1.807) is 0 Å². The average molecular weight is 274 g/mol. The summed E-state index contributed by atoms with van der Waals surface area (Å²) in [4.78, 5) is 23.8. The highest BCUT2D eigenvalue weighted by Crippen LogP contribution is 2.33. The van der Waals surface area contributed by atoms with Crippen molar-refractivity contribution in [2.45, 2.75) is 39.0 Å². The molecule has 1 aromatic rings. The minimum Gasteiger partial charge on any atom is -0.356 e. The molecule has 1 heterocycles. The molecule has 20 heavy (non-hydrogen) atoms. The summed E-state index contributed by atoms with van der Waals surface area (Å²) in [6, 6.07) is 7.74. The van der Waals surface area contributed by atoms with Gasteiger partial charge in [-0.3, -0.25) is 9.59 Å². The zero-order chi connectivity index (χ0) is 14.5. The summed E-state index contributed by atoms with van der Waals surface area (Å²) in [5.74, 6) is 0.0672. The molecular weight excluding hydrogens is 252 g/mol. The van der Waals surface area contributed by atoms with Crippen LogP contribution >= 0.6 is 0 Å². The van der Waals surface area contributed by atoms with E-state index in [2.05, 4.69) is 10.6 Å². The van der Waals surface area contributed by atoms with Gasteiger partial charge in [-0.05, 0) is 30.9 Å². The Balaban J connectivity index is 1.89. The molecule has 1 unspecified atom stereocenters. The van der Waals surface area contributed by atoms with Crippen molar-refractivity contribution in [2.75, 3.05) is 11.9 Å². The van der Waals surface area contributed by atoms with Crippen molar-refractivity contribution in [1.29, 1.82) is 0 Å². The van der Waals surface area contributed by atoms with E-state index < -0.39 is 0 Å². The standard InChI is InChI=1S/C16H22N2O2/c1-3-11(4-2)15(19)17-10-9-13-12-7-5-6-8-14(12)18-16(13)20/h5-8,11,13H,3-4,9-10H2,1-2H3,(H,17,19)(H,18,20). The van der Waals surface area contributed by atoms with Crippen LogP contribution in [0.4, 0.5) is 5.69 Å². The largest absolute Gasteiger partial charge is 0.356 e. The van der Waals surface area contributed by atoms with Gasteiger partial charge in [0.2, 0.25) is 11.8 Å². The summed E-state index contributed by atoms with van der Waals surface area (Å²) >= 11 is 0. The molecule has 0 radical (unpaired) electrons. The monoisotopic (exact) mass is 274 g/mol. The van der Waals surface area contributed by atoms with E-state index in [9.17, 15) is 9.59 Å². The van der Waals surface area contributed by atoms with Crippen molar-refractivity contribution in [3.63, 3.8) is 0 Å². The van der Waals surface area contributed by atoms with Crippen LogP contribution in [-0.4, -0.2) is 18.4 Å². The Morgan fingerprint density at radius 2 is 2.00 bits per heavy atom. The van der Waals surface area contributed by atoms with Crippen LogP contribution in [0.2, 0.25) is 0 Å². The number of anilines is 1. The molecule has 1 aromatic carbocycles. The second-order valence-electron chi connectivity index (χ2n) is 5.22. The molecule has 1 atom stereocenters. The summed E-state index contributed by atoms with van der Waals surface area (Å²) in [5, 5.41) is 5.82. The Morgan fingerprint density at radius 1 is 1.30 bits per heavy atom. The molecule has 108 valence electrons. The Bertz CT molecular complexity index is 495. The Kier molecular flexibility index (Phi) is 4.77. The van der Waals surface area contributed by atoms with Crippen molar-refractivity contribution in [2.24, 2.45) is 5.92 Å². The Labute approximate surface area is 119 Å². The van der Waals surface area contributed by atoms with Crippen LogP contribution in [0.15, 0.2) is 24.3 Å². The third kappa shape index (κ3) is 3.00. The van der Waals surface area contributed by atoms with E-state index in [4.69, 9.17) is 0 Å². The molecule has 0 aliphatic carbocycles. The van der Waals surface area contributed by atoms with Crippen molar-refractivity contribution < 1.29 is 9.59 Å². The van der Waals surface area contributed by atoms with Crippen LogP contribution in [0.25, 0.3) is 0 Å². The van der Waals surface area contributed by atoms with E-state index in [1.807, 2.05) is 38.1 Å². The second-order valence-corrected chi connectivity index (χ2v) is 5.22. The first-order valence-corrected chi connectivity index (χ1v) is 7.34. The van der Waals surface area contributed by atoms with Crippen molar-refractivity contribution >= 4 is 17.5 Å². The van der Waals surface area contributed by atoms with Gasteiger partial charge in [-0.15, -0.1) is 0 Å². The maximum atomic E-state index is 11.9. The van der Waals surface area contributed by atoms with Crippen LogP contribution in [0.1, 0.15) is 44.6 Å². The number of hydrogen-bond acceptors (Lipinski definition) is 2. The number of hydrogen-bond donors (Lipinski definition) is 2. The third-order valence-corrected chi connectivity index (χ3v) is 4.00.